The van der Waals surface area contributed by atoms with Crippen LogP contribution in [-0.4, -0.2) is 58.0 Å². The van der Waals surface area contributed by atoms with Crippen LogP contribution in [0.15, 0.2) is 30.7 Å². The summed E-state index contributed by atoms with van der Waals surface area (Å²) in [4.78, 5) is 28.7. The Morgan fingerprint density at radius 1 is 1.15 bits per heavy atom. The van der Waals surface area contributed by atoms with E-state index < -0.39 is 5.91 Å². The fraction of sp³-hybridized carbons (Fsp3) is 0.517. The van der Waals surface area contributed by atoms with Gasteiger partial charge in [0.05, 0.1) is 36.1 Å². The van der Waals surface area contributed by atoms with Crippen LogP contribution in [-0.2, 0) is 9.53 Å². The normalized spacial score (nSPS) is 21.3. The minimum atomic E-state index is -0.576. The molecule has 0 spiro atoms. The fourth-order valence-electron chi connectivity index (χ4n) is 5.50. The first kappa shape index (κ1) is 26.9. The van der Waals surface area contributed by atoms with Crippen molar-refractivity contribution in [1.82, 2.24) is 20.1 Å². The summed E-state index contributed by atoms with van der Waals surface area (Å²) in [6.45, 7) is 6.86. The van der Waals surface area contributed by atoms with Crippen LogP contribution < -0.4 is 20.5 Å². The zero-order valence-corrected chi connectivity index (χ0v) is 22.8. The summed E-state index contributed by atoms with van der Waals surface area (Å²) in [5, 5.41) is 9.07. The Morgan fingerprint density at radius 2 is 1.95 bits per heavy atom. The van der Waals surface area contributed by atoms with Gasteiger partial charge in [-0.2, -0.15) is 5.10 Å². The molecule has 3 N–H and O–H groups in total. The minimum Gasteiger partial charge on any atom is -0.490 e. The van der Waals surface area contributed by atoms with Crippen molar-refractivity contribution >= 4 is 22.6 Å². The van der Waals surface area contributed by atoms with E-state index in [0.717, 1.165) is 48.8 Å². The molecule has 1 aliphatic carbocycles. The second-order valence-corrected chi connectivity index (χ2v) is 10.6. The summed E-state index contributed by atoms with van der Waals surface area (Å²) in [7, 11) is 0. The number of nitrogens with zero attached hydrogens (tertiary/aromatic N) is 3. The molecule has 0 radical (unpaired) electrons. The van der Waals surface area contributed by atoms with E-state index in [9.17, 15) is 9.59 Å². The monoisotopic (exact) mass is 535 g/mol. The maximum atomic E-state index is 12.4. The Morgan fingerprint density at radius 3 is 2.62 bits per heavy atom. The number of aromatic nitrogens is 3. The smallest absolute Gasteiger partial charge is 0.252 e. The van der Waals surface area contributed by atoms with Crippen LogP contribution in [0.25, 0.3) is 21.9 Å². The Hall–Kier alpha value is -3.66. The molecular formula is C29H37N5O5. The van der Waals surface area contributed by atoms with Gasteiger partial charge in [-0.25, -0.2) is 4.98 Å². The second kappa shape index (κ2) is 11.6. The highest BCUT2D eigenvalue weighted by Crippen LogP contribution is 2.38. The van der Waals surface area contributed by atoms with Crippen LogP contribution >= 0.6 is 0 Å². The van der Waals surface area contributed by atoms with Crippen LogP contribution in [0.2, 0.25) is 0 Å². The Bertz CT molecular complexity index is 1350. The highest BCUT2D eigenvalue weighted by molar-refractivity contribution is 6.06. The third-order valence-corrected chi connectivity index (χ3v) is 7.42. The molecule has 1 saturated carbocycles. The second-order valence-electron chi connectivity index (χ2n) is 10.6. The van der Waals surface area contributed by atoms with Crippen molar-refractivity contribution in [3.05, 3.63) is 36.3 Å². The molecule has 5 rings (SSSR count). The van der Waals surface area contributed by atoms with Gasteiger partial charge in [0.1, 0.15) is 12.4 Å². The number of carbonyl (C=O) groups excluding carboxylic acids is 2. The number of rotatable bonds is 10. The van der Waals surface area contributed by atoms with E-state index in [1.54, 1.807) is 18.3 Å². The van der Waals surface area contributed by atoms with E-state index in [1.807, 2.05) is 37.8 Å². The minimum absolute atomic E-state index is 0.0267. The van der Waals surface area contributed by atoms with Crippen LogP contribution in [0.1, 0.15) is 75.7 Å². The fourth-order valence-corrected chi connectivity index (χ4v) is 5.50. The lowest BCUT2D eigenvalue weighted by atomic mass is 9.93. The Balaban J connectivity index is 1.50. The lowest BCUT2D eigenvalue weighted by Crippen LogP contribution is -2.31. The number of amides is 2. The number of ether oxygens (including phenoxy) is 3. The molecule has 3 heterocycles. The first-order valence-electron chi connectivity index (χ1n) is 13.8. The number of benzene rings is 1. The number of primary amides is 1. The van der Waals surface area contributed by atoms with Crippen LogP contribution in [0, 0.1) is 0 Å². The Labute approximate surface area is 228 Å². The molecule has 10 heteroatoms. The van der Waals surface area contributed by atoms with Crippen molar-refractivity contribution in [2.24, 2.45) is 5.73 Å². The van der Waals surface area contributed by atoms with Gasteiger partial charge in [-0.15, -0.1) is 0 Å². The lowest BCUT2D eigenvalue weighted by molar-refractivity contribution is -0.119. The molecule has 3 aromatic rings. The van der Waals surface area contributed by atoms with Gasteiger partial charge in [0, 0.05) is 41.9 Å². The molecule has 1 atom stereocenters. The summed E-state index contributed by atoms with van der Waals surface area (Å²) in [5.41, 5.74) is 7.76. The molecule has 10 nitrogen and oxygen atoms in total. The van der Waals surface area contributed by atoms with E-state index in [1.165, 1.54) is 0 Å². The van der Waals surface area contributed by atoms with E-state index in [-0.39, 0.29) is 18.1 Å². The molecule has 208 valence electrons. The molecular weight excluding hydrogens is 498 g/mol. The molecule has 2 aromatic heterocycles. The zero-order valence-electron chi connectivity index (χ0n) is 22.8. The standard InChI is InChI=1S/C29H37N5O5/c1-4-37-21-8-6-20(7-9-21)34-15-18(13-32-34)25-14-31-29(38-16-19-5-10-27(35)33-19)23-12-26(39-17(2)3)24(28(30)36)11-22(23)25/h11-15,17,19-21H,4-10,16H2,1-3H3,(H2,30,36)(H,33,35). The molecule has 2 aliphatic rings. The molecule has 0 bridgehead atoms. The summed E-state index contributed by atoms with van der Waals surface area (Å²) in [5.74, 6) is 0.234. The summed E-state index contributed by atoms with van der Waals surface area (Å²) in [6, 6.07) is 3.77. The highest BCUT2D eigenvalue weighted by Gasteiger charge is 2.25. The summed E-state index contributed by atoms with van der Waals surface area (Å²) >= 11 is 0. The average molecular weight is 536 g/mol. The zero-order chi connectivity index (χ0) is 27.5. The van der Waals surface area contributed by atoms with Crippen LogP contribution in [0.3, 0.4) is 0 Å². The van der Waals surface area contributed by atoms with Crippen molar-refractivity contribution < 1.29 is 23.8 Å². The van der Waals surface area contributed by atoms with Gasteiger partial charge < -0.3 is 25.3 Å². The maximum Gasteiger partial charge on any atom is 0.252 e. The highest BCUT2D eigenvalue weighted by atomic mass is 16.5. The number of carbonyl (C=O) groups is 2. The van der Waals surface area contributed by atoms with Gasteiger partial charge >= 0.3 is 0 Å². The topological polar surface area (TPSA) is 131 Å². The molecule has 2 fully saturated rings. The third kappa shape index (κ3) is 6.00. The van der Waals surface area contributed by atoms with E-state index >= 15 is 0 Å². The predicted molar refractivity (Wildman–Crippen MR) is 147 cm³/mol. The number of hydrogen-bond donors (Lipinski definition) is 2. The van der Waals surface area contributed by atoms with Gasteiger partial charge in [0.15, 0.2) is 0 Å². The van der Waals surface area contributed by atoms with Crippen molar-refractivity contribution in [2.45, 2.75) is 83.6 Å². The van der Waals surface area contributed by atoms with Crippen LogP contribution in [0.5, 0.6) is 11.6 Å². The largest absolute Gasteiger partial charge is 0.490 e. The van der Waals surface area contributed by atoms with E-state index in [4.69, 9.17) is 19.9 Å². The number of nitrogens with one attached hydrogen (secondary N) is 1. The van der Waals surface area contributed by atoms with Crippen molar-refractivity contribution in [2.75, 3.05) is 13.2 Å². The molecule has 2 amide bonds. The number of pyridine rings is 1. The quantitative estimate of drug-likeness (QED) is 0.399. The first-order valence-corrected chi connectivity index (χ1v) is 13.8. The lowest BCUT2D eigenvalue weighted by Gasteiger charge is -2.28. The van der Waals surface area contributed by atoms with E-state index in [2.05, 4.69) is 15.4 Å². The van der Waals surface area contributed by atoms with Crippen molar-refractivity contribution in [3.8, 4) is 22.8 Å². The maximum absolute atomic E-state index is 12.4. The van der Waals surface area contributed by atoms with Crippen molar-refractivity contribution in [1.29, 1.82) is 0 Å². The summed E-state index contributed by atoms with van der Waals surface area (Å²) in [6.07, 6.45) is 11.1. The van der Waals surface area contributed by atoms with Gasteiger partial charge in [0.2, 0.25) is 11.8 Å². The molecule has 1 aromatic carbocycles. The van der Waals surface area contributed by atoms with Gasteiger partial charge in [0.25, 0.3) is 5.91 Å². The number of hydrogen-bond acceptors (Lipinski definition) is 7. The van der Waals surface area contributed by atoms with Gasteiger partial charge in [-0.05, 0) is 70.4 Å². The van der Waals surface area contributed by atoms with Gasteiger partial charge in [-0.3, -0.25) is 14.3 Å². The third-order valence-electron chi connectivity index (χ3n) is 7.42. The number of fused-ring (bicyclic) bond motifs is 1. The molecule has 1 unspecified atom stereocenters. The number of nitrogens with two attached hydrogens (primary N) is 1. The Kier molecular flexibility index (Phi) is 8.02. The molecule has 1 saturated heterocycles. The van der Waals surface area contributed by atoms with Gasteiger partial charge in [-0.1, -0.05) is 0 Å². The first-order chi connectivity index (χ1) is 18.8. The SMILES string of the molecule is CCOC1CCC(n2cc(-c3cnc(OCC4CCC(=O)N4)c4cc(OC(C)C)c(C(N)=O)cc34)cn2)CC1. The predicted octanol–water partition coefficient (Wildman–Crippen LogP) is 4.16. The average Bonchev–Trinajstić information content (AvgIpc) is 3.56. The summed E-state index contributed by atoms with van der Waals surface area (Å²) < 4.78 is 19.9. The molecule has 1 aliphatic heterocycles. The van der Waals surface area contributed by atoms with Crippen LogP contribution in [0.4, 0.5) is 0 Å². The van der Waals surface area contributed by atoms with E-state index in [0.29, 0.717) is 54.2 Å². The molecule has 39 heavy (non-hydrogen) atoms. The van der Waals surface area contributed by atoms with Crippen molar-refractivity contribution in [3.63, 3.8) is 0 Å².